The normalized spacial score (nSPS) is 32.6. The SMILES string of the molecule is CCc1ccc(OCC23CCC(C)(CC2)C(F)(F)C3(F)F)c(F)c1F. The van der Waals surface area contributed by atoms with Crippen molar-refractivity contribution in [1.29, 1.82) is 0 Å². The molecule has 2 bridgehead atoms. The van der Waals surface area contributed by atoms with E-state index < -0.39 is 46.7 Å². The van der Waals surface area contributed by atoms with E-state index in [-0.39, 0.29) is 37.7 Å². The molecular formula is C18H20F6O. The maximum Gasteiger partial charge on any atom is 0.319 e. The van der Waals surface area contributed by atoms with Crippen LogP contribution in [-0.4, -0.2) is 18.5 Å². The topological polar surface area (TPSA) is 9.23 Å². The third kappa shape index (κ3) is 2.30. The van der Waals surface area contributed by atoms with E-state index in [0.29, 0.717) is 0 Å². The van der Waals surface area contributed by atoms with Crippen LogP contribution in [-0.2, 0) is 6.42 Å². The van der Waals surface area contributed by atoms with Crippen molar-refractivity contribution in [3.8, 4) is 5.75 Å². The Balaban J connectivity index is 1.87. The molecule has 0 amide bonds. The van der Waals surface area contributed by atoms with Gasteiger partial charge in [-0.1, -0.05) is 19.9 Å². The predicted octanol–water partition coefficient (Wildman–Crippen LogP) is 5.76. The summed E-state index contributed by atoms with van der Waals surface area (Å²) in [6, 6.07) is 2.46. The Morgan fingerprint density at radius 1 is 0.920 bits per heavy atom. The predicted molar refractivity (Wildman–Crippen MR) is 80.1 cm³/mol. The molecule has 0 aliphatic heterocycles. The third-order valence-electron chi connectivity index (χ3n) is 6.14. The summed E-state index contributed by atoms with van der Waals surface area (Å²) in [5.41, 5.74) is -3.68. The average Bonchev–Trinajstić information content (AvgIpc) is 2.56. The Labute approximate surface area is 142 Å². The maximum atomic E-state index is 14.6. The van der Waals surface area contributed by atoms with Gasteiger partial charge < -0.3 is 4.74 Å². The van der Waals surface area contributed by atoms with Gasteiger partial charge in [0.05, 0.1) is 12.0 Å². The van der Waals surface area contributed by atoms with Crippen LogP contribution in [0.25, 0.3) is 0 Å². The van der Waals surface area contributed by atoms with Gasteiger partial charge >= 0.3 is 11.8 Å². The number of hydrogen-bond acceptors (Lipinski definition) is 1. The number of ether oxygens (including phenoxy) is 1. The molecule has 4 rings (SSSR count). The molecule has 1 aromatic rings. The number of fused-ring (bicyclic) bond motifs is 3. The molecule has 3 fully saturated rings. The van der Waals surface area contributed by atoms with Crippen LogP contribution in [0.2, 0.25) is 0 Å². The molecular weight excluding hydrogens is 346 g/mol. The lowest BCUT2D eigenvalue weighted by Gasteiger charge is -2.59. The molecule has 3 aliphatic rings. The molecule has 3 saturated carbocycles. The van der Waals surface area contributed by atoms with E-state index in [1.165, 1.54) is 13.0 Å². The van der Waals surface area contributed by atoms with Crippen LogP contribution in [0.15, 0.2) is 12.1 Å². The van der Waals surface area contributed by atoms with Crippen molar-refractivity contribution in [1.82, 2.24) is 0 Å². The fourth-order valence-corrected chi connectivity index (χ4v) is 4.03. The molecule has 140 valence electrons. The first-order valence-corrected chi connectivity index (χ1v) is 8.37. The van der Waals surface area contributed by atoms with Gasteiger partial charge in [0.2, 0.25) is 5.82 Å². The highest BCUT2D eigenvalue weighted by Crippen LogP contribution is 2.70. The highest BCUT2D eigenvalue weighted by Gasteiger charge is 2.80. The minimum Gasteiger partial charge on any atom is -0.490 e. The van der Waals surface area contributed by atoms with Gasteiger partial charge in [-0.3, -0.25) is 0 Å². The molecule has 0 radical (unpaired) electrons. The standard InChI is InChI=1S/C18H20F6O/c1-3-11-4-5-12(14(20)13(11)19)25-10-16-8-6-15(2,7-9-16)17(21,22)18(16,23)24/h4-5H,3,6-10H2,1-2H3. The molecule has 0 N–H and O–H groups in total. The Kier molecular flexibility index (Phi) is 4.08. The van der Waals surface area contributed by atoms with Crippen LogP contribution in [0.3, 0.4) is 0 Å². The second-order valence-corrected chi connectivity index (χ2v) is 7.48. The monoisotopic (exact) mass is 366 g/mol. The molecule has 0 spiro atoms. The fraction of sp³-hybridized carbons (Fsp3) is 0.667. The number of rotatable bonds is 4. The van der Waals surface area contributed by atoms with Gasteiger partial charge in [-0.15, -0.1) is 0 Å². The minimum atomic E-state index is -4.26. The Morgan fingerprint density at radius 2 is 1.52 bits per heavy atom. The van der Waals surface area contributed by atoms with Gasteiger partial charge in [0.15, 0.2) is 11.6 Å². The highest BCUT2D eigenvalue weighted by molar-refractivity contribution is 5.31. The quantitative estimate of drug-likeness (QED) is 0.616. The lowest BCUT2D eigenvalue weighted by atomic mass is 9.50. The zero-order valence-electron chi connectivity index (χ0n) is 14.1. The van der Waals surface area contributed by atoms with Gasteiger partial charge in [0.25, 0.3) is 0 Å². The smallest absolute Gasteiger partial charge is 0.319 e. The lowest BCUT2D eigenvalue weighted by Crippen LogP contribution is -2.70. The molecule has 7 heteroatoms. The Bertz CT molecular complexity index is 676. The maximum absolute atomic E-state index is 14.6. The summed E-state index contributed by atoms with van der Waals surface area (Å²) in [6.45, 7) is 2.05. The van der Waals surface area contributed by atoms with Crippen molar-refractivity contribution in [3.63, 3.8) is 0 Å². The van der Waals surface area contributed by atoms with Crippen LogP contribution >= 0.6 is 0 Å². The molecule has 0 heterocycles. The average molecular weight is 366 g/mol. The third-order valence-corrected chi connectivity index (χ3v) is 6.14. The molecule has 0 aromatic heterocycles. The van der Waals surface area contributed by atoms with E-state index in [2.05, 4.69) is 0 Å². The van der Waals surface area contributed by atoms with Gasteiger partial charge in [0, 0.05) is 5.41 Å². The zero-order chi connectivity index (χ0) is 18.7. The number of alkyl halides is 4. The van der Waals surface area contributed by atoms with Crippen LogP contribution in [0, 0.1) is 22.5 Å². The number of halogens is 6. The van der Waals surface area contributed by atoms with Crippen molar-refractivity contribution >= 4 is 0 Å². The van der Waals surface area contributed by atoms with E-state index in [1.54, 1.807) is 6.92 Å². The molecule has 0 unspecified atom stereocenters. The van der Waals surface area contributed by atoms with Gasteiger partial charge in [-0.05, 0) is 43.7 Å². The van der Waals surface area contributed by atoms with E-state index in [4.69, 9.17) is 4.74 Å². The van der Waals surface area contributed by atoms with Crippen LogP contribution in [0.1, 0.15) is 45.1 Å². The number of aryl methyl sites for hydroxylation is 1. The van der Waals surface area contributed by atoms with E-state index in [0.717, 1.165) is 6.07 Å². The van der Waals surface area contributed by atoms with E-state index in [9.17, 15) is 26.3 Å². The molecule has 25 heavy (non-hydrogen) atoms. The largest absolute Gasteiger partial charge is 0.490 e. The van der Waals surface area contributed by atoms with E-state index in [1.807, 2.05) is 0 Å². The summed E-state index contributed by atoms with van der Waals surface area (Å²) in [7, 11) is 0. The van der Waals surface area contributed by atoms with Crippen LogP contribution in [0.4, 0.5) is 26.3 Å². The molecule has 0 saturated heterocycles. The van der Waals surface area contributed by atoms with Crippen molar-refractivity contribution in [2.45, 2.75) is 57.8 Å². The van der Waals surface area contributed by atoms with Crippen LogP contribution < -0.4 is 4.74 Å². The van der Waals surface area contributed by atoms with Crippen LogP contribution in [0.5, 0.6) is 5.75 Å². The molecule has 0 atom stereocenters. The Morgan fingerprint density at radius 3 is 2.08 bits per heavy atom. The van der Waals surface area contributed by atoms with Gasteiger partial charge in [0.1, 0.15) is 0 Å². The summed E-state index contributed by atoms with van der Waals surface area (Å²) in [5.74, 6) is -11.3. The first-order valence-electron chi connectivity index (χ1n) is 8.37. The molecule has 1 nitrogen and oxygen atoms in total. The first-order chi connectivity index (χ1) is 11.5. The minimum absolute atomic E-state index is 0.0510. The summed E-state index contributed by atoms with van der Waals surface area (Å²) in [4.78, 5) is 0. The number of benzene rings is 1. The van der Waals surface area contributed by atoms with Crippen molar-refractivity contribution in [2.75, 3.05) is 6.61 Å². The summed E-state index contributed by atoms with van der Waals surface area (Å²) >= 11 is 0. The Hall–Kier alpha value is -1.40. The number of hydrogen-bond donors (Lipinski definition) is 0. The zero-order valence-corrected chi connectivity index (χ0v) is 14.1. The molecule has 1 aromatic carbocycles. The second kappa shape index (κ2) is 5.55. The van der Waals surface area contributed by atoms with Crippen molar-refractivity contribution in [3.05, 3.63) is 29.3 Å². The van der Waals surface area contributed by atoms with E-state index >= 15 is 0 Å². The molecule has 3 aliphatic carbocycles. The van der Waals surface area contributed by atoms with Crippen molar-refractivity contribution in [2.24, 2.45) is 10.8 Å². The van der Waals surface area contributed by atoms with Gasteiger partial charge in [-0.25, -0.2) is 4.39 Å². The highest BCUT2D eigenvalue weighted by atomic mass is 19.3. The fourth-order valence-electron chi connectivity index (χ4n) is 4.03. The first kappa shape index (κ1) is 18.4. The second-order valence-electron chi connectivity index (χ2n) is 7.48. The summed E-state index contributed by atoms with van der Waals surface area (Å²) < 4.78 is 90.8. The summed E-state index contributed by atoms with van der Waals surface area (Å²) in [6.07, 6.45) is -0.114. The van der Waals surface area contributed by atoms with Crippen molar-refractivity contribution < 1.29 is 31.1 Å². The summed E-state index contributed by atoms with van der Waals surface area (Å²) in [5, 5.41) is 0. The lowest BCUT2D eigenvalue weighted by molar-refractivity contribution is -0.367. The van der Waals surface area contributed by atoms with Gasteiger partial charge in [-0.2, -0.15) is 22.0 Å².